The van der Waals surface area contributed by atoms with Gasteiger partial charge in [0.2, 0.25) is 5.91 Å². The molecular formula is C41H68N2O6. The third kappa shape index (κ3) is 5.06. The Hall–Kier alpha value is -0.770. The molecule has 8 aliphatic rings. The molecule has 5 saturated carbocycles. The van der Waals surface area contributed by atoms with Crippen molar-refractivity contribution in [1.29, 1.82) is 0 Å². The van der Waals surface area contributed by atoms with E-state index in [9.17, 15) is 15.0 Å². The first kappa shape index (κ1) is 35.3. The molecule has 8 nitrogen and oxygen atoms in total. The van der Waals surface area contributed by atoms with E-state index in [1.165, 1.54) is 38.5 Å². The van der Waals surface area contributed by atoms with E-state index < -0.39 is 11.7 Å². The summed E-state index contributed by atoms with van der Waals surface area (Å²) < 4.78 is 20.0. The quantitative estimate of drug-likeness (QED) is 0.374. The van der Waals surface area contributed by atoms with Crippen LogP contribution in [0.3, 0.4) is 0 Å². The first-order chi connectivity index (χ1) is 23.0. The van der Waals surface area contributed by atoms with Gasteiger partial charge in [-0.2, -0.15) is 0 Å². The highest BCUT2D eigenvalue weighted by Crippen LogP contribution is 2.89. The van der Waals surface area contributed by atoms with E-state index in [2.05, 4.69) is 46.6 Å². The van der Waals surface area contributed by atoms with Crippen molar-refractivity contribution in [3.63, 3.8) is 0 Å². The number of carbonyl (C=O) groups excluding carboxylic acids is 1. The number of amides is 1. The van der Waals surface area contributed by atoms with E-state index in [4.69, 9.17) is 14.2 Å². The van der Waals surface area contributed by atoms with E-state index in [1.54, 1.807) is 13.8 Å². The van der Waals surface area contributed by atoms with E-state index in [0.717, 1.165) is 45.2 Å². The zero-order valence-electron chi connectivity index (χ0n) is 32.0. The molecule has 0 bridgehead atoms. The highest BCUT2D eigenvalue weighted by atomic mass is 16.7. The number of likely N-dealkylation sites (tertiary alicyclic amines) is 1. The van der Waals surface area contributed by atoms with Gasteiger partial charge in [-0.3, -0.25) is 4.79 Å². The lowest BCUT2D eigenvalue weighted by Crippen LogP contribution is -2.59. The Morgan fingerprint density at radius 3 is 2.35 bits per heavy atom. The van der Waals surface area contributed by atoms with E-state index >= 15 is 0 Å². The first-order valence-electron chi connectivity index (χ1n) is 20.3. The Bertz CT molecular complexity index is 1290. The molecule has 3 aliphatic heterocycles. The summed E-state index contributed by atoms with van der Waals surface area (Å²) in [5.74, 6) is 2.78. The number of carbonyl (C=O) groups is 1. The molecule has 0 radical (unpaired) electrons. The van der Waals surface area contributed by atoms with Gasteiger partial charge in [-0.05, 0) is 155 Å². The highest BCUT2D eigenvalue weighted by molar-refractivity contribution is 5.79. The van der Waals surface area contributed by atoms with Gasteiger partial charge in [0.05, 0.1) is 37.1 Å². The maximum Gasteiger partial charge on any atom is 0.226 e. The number of aliphatic hydroxyl groups is 2. The molecular weight excluding hydrogens is 616 g/mol. The largest absolute Gasteiger partial charge is 0.388 e. The van der Waals surface area contributed by atoms with Gasteiger partial charge in [-0.1, -0.05) is 34.6 Å². The van der Waals surface area contributed by atoms with Crippen molar-refractivity contribution < 1.29 is 29.2 Å². The number of aliphatic hydroxyl groups excluding tert-OH is 1. The molecule has 8 heteroatoms. The zero-order valence-corrected chi connectivity index (χ0v) is 32.0. The molecule has 49 heavy (non-hydrogen) atoms. The Labute approximate surface area is 296 Å². The Balaban J connectivity index is 0.964. The number of morpholine rings is 1. The van der Waals surface area contributed by atoms with Crippen molar-refractivity contribution in [2.75, 3.05) is 39.8 Å². The van der Waals surface area contributed by atoms with Crippen LogP contribution in [0.5, 0.6) is 0 Å². The summed E-state index contributed by atoms with van der Waals surface area (Å²) in [5, 5.41) is 21.7. The summed E-state index contributed by atoms with van der Waals surface area (Å²) in [4.78, 5) is 17.8. The molecule has 5 unspecified atom stereocenters. The van der Waals surface area contributed by atoms with E-state index in [0.29, 0.717) is 60.1 Å². The van der Waals surface area contributed by atoms with Crippen molar-refractivity contribution in [2.24, 2.45) is 56.7 Å². The molecule has 0 aromatic heterocycles. The molecule has 3 heterocycles. The van der Waals surface area contributed by atoms with Gasteiger partial charge >= 0.3 is 0 Å². The maximum atomic E-state index is 13.5. The van der Waals surface area contributed by atoms with Gasteiger partial charge in [0.1, 0.15) is 6.10 Å². The first-order valence-corrected chi connectivity index (χ1v) is 20.3. The van der Waals surface area contributed by atoms with Gasteiger partial charge in [0, 0.05) is 12.5 Å². The Morgan fingerprint density at radius 1 is 0.939 bits per heavy atom. The topological polar surface area (TPSA) is 91.7 Å². The third-order valence-electron chi connectivity index (χ3n) is 17.5. The van der Waals surface area contributed by atoms with Crippen molar-refractivity contribution >= 4 is 5.91 Å². The Morgan fingerprint density at radius 2 is 1.63 bits per heavy atom. The third-order valence-corrected chi connectivity index (χ3v) is 17.5. The smallest absolute Gasteiger partial charge is 0.226 e. The van der Waals surface area contributed by atoms with Crippen LogP contribution in [-0.4, -0.2) is 102 Å². The lowest BCUT2D eigenvalue weighted by Gasteiger charge is -2.63. The van der Waals surface area contributed by atoms with Crippen LogP contribution < -0.4 is 0 Å². The lowest BCUT2D eigenvalue weighted by molar-refractivity contribution is -0.247. The standard InChI is InChI=1S/C41H68N2O6/c1-25-21-27(34(44)37(4,5)46)48-28-22-39(7)30-10-9-29-36(2,3)31(11-14-40(29)24-41(30,40)16-15-38(39,6)33(25)28)49-32-23-43(19-20-47-32)35(45)26-12-17-42(8)18-13-26/h25-34,44,46H,9-24H2,1-8H3/t25-,27?,28?,29?,30+,31+,32?,33?,34+,38-,39+,40-,41+/m1/s1. The summed E-state index contributed by atoms with van der Waals surface area (Å²) in [6, 6.07) is 0. The average Bonchev–Trinajstić information content (AvgIpc) is 3.64. The molecule has 0 aromatic rings. The summed E-state index contributed by atoms with van der Waals surface area (Å²) in [5.41, 5.74) is 0.176. The van der Waals surface area contributed by atoms with Gasteiger partial charge in [-0.15, -0.1) is 0 Å². The van der Waals surface area contributed by atoms with Crippen LogP contribution in [0.4, 0.5) is 0 Å². The fourth-order valence-corrected chi connectivity index (χ4v) is 14.8. The lowest BCUT2D eigenvalue weighted by atomic mass is 9.41. The number of nitrogens with zero attached hydrogens (tertiary/aromatic N) is 2. The van der Waals surface area contributed by atoms with Crippen LogP contribution in [-0.2, 0) is 19.0 Å². The number of fused-ring (bicyclic) bond motifs is 4. The minimum atomic E-state index is -1.17. The zero-order chi connectivity index (χ0) is 34.9. The molecule has 8 fully saturated rings. The fourth-order valence-electron chi connectivity index (χ4n) is 14.8. The summed E-state index contributed by atoms with van der Waals surface area (Å²) >= 11 is 0. The van der Waals surface area contributed by atoms with Crippen molar-refractivity contribution in [1.82, 2.24) is 9.80 Å². The number of piperidine rings is 1. The predicted octanol–water partition coefficient (Wildman–Crippen LogP) is 5.87. The van der Waals surface area contributed by atoms with Crippen molar-refractivity contribution in [2.45, 2.75) is 155 Å². The molecule has 278 valence electrons. The SMILES string of the molecule is C[C@@H]1CC([C@H](O)C(C)(C)O)OC2C[C@@]3(C)[C@@H]4CCC5C(C)(C)[C@@H](OC6CN(C(=O)C7CCN(C)CC7)CCO6)CC[C@@]56C[C@@]46CC[C@]3(C)C21. The molecule has 3 saturated heterocycles. The number of rotatable bonds is 5. The summed E-state index contributed by atoms with van der Waals surface area (Å²) in [7, 11) is 2.15. The van der Waals surface area contributed by atoms with Crippen LogP contribution >= 0.6 is 0 Å². The van der Waals surface area contributed by atoms with Gasteiger partial charge in [0.25, 0.3) is 0 Å². The van der Waals surface area contributed by atoms with Crippen LogP contribution in [0.15, 0.2) is 0 Å². The highest BCUT2D eigenvalue weighted by Gasteiger charge is 2.83. The van der Waals surface area contributed by atoms with Crippen LogP contribution in [0, 0.1) is 56.7 Å². The second-order valence-corrected chi connectivity index (χ2v) is 20.4. The number of ether oxygens (including phenoxy) is 3. The molecule has 2 spiro atoms. The second kappa shape index (κ2) is 11.6. The van der Waals surface area contributed by atoms with Crippen LogP contribution in [0.25, 0.3) is 0 Å². The van der Waals surface area contributed by atoms with E-state index in [1.807, 2.05) is 4.90 Å². The summed E-state index contributed by atoms with van der Waals surface area (Å²) in [6.45, 7) is 19.8. The molecule has 13 atom stereocenters. The van der Waals surface area contributed by atoms with Crippen LogP contribution in [0.1, 0.15) is 119 Å². The van der Waals surface area contributed by atoms with E-state index in [-0.39, 0.29) is 46.8 Å². The predicted molar refractivity (Wildman–Crippen MR) is 188 cm³/mol. The number of hydrogen-bond acceptors (Lipinski definition) is 7. The monoisotopic (exact) mass is 685 g/mol. The second-order valence-electron chi connectivity index (χ2n) is 20.4. The van der Waals surface area contributed by atoms with Crippen molar-refractivity contribution in [3.8, 4) is 0 Å². The number of hydrogen-bond donors (Lipinski definition) is 2. The molecule has 1 amide bonds. The van der Waals surface area contributed by atoms with Crippen LogP contribution in [0.2, 0.25) is 0 Å². The normalized spacial score (nSPS) is 50.4. The summed E-state index contributed by atoms with van der Waals surface area (Å²) in [6.07, 6.45) is 11.5. The molecule has 0 aromatic carbocycles. The molecule has 8 rings (SSSR count). The maximum absolute atomic E-state index is 13.5. The fraction of sp³-hybridized carbons (Fsp3) is 0.976. The van der Waals surface area contributed by atoms with Gasteiger partial charge in [-0.25, -0.2) is 0 Å². The average molecular weight is 685 g/mol. The van der Waals surface area contributed by atoms with Crippen molar-refractivity contribution in [3.05, 3.63) is 0 Å². The minimum Gasteiger partial charge on any atom is -0.388 e. The molecule has 5 aliphatic carbocycles. The molecule has 2 N–H and O–H groups in total. The minimum absolute atomic E-state index is 0.0553. The van der Waals surface area contributed by atoms with Gasteiger partial charge in [0.15, 0.2) is 6.29 Å². The Kier molecular flexibility index (Phi) is 8.36. The van der Waals surface area contributed by atoms with Gasteiger partial charge < -0.3 is 34.2 Å².